The number of nitrogens with zero attached hydrogens (tertiary/aromatic N) is 1. The van der Waals surface area contributed by atoms with E-state index in [-0.39, 0.29) is 5.91 Å². The maximum atomic E-state index is 11.1. The van der Waals surface area contributed by atoms with Crippen molar-refractivity contribution in [3.05, 3.63) is 65.7 Å². The van der Waals surface area contributed by atoms with Gasteiger partial charge in [-0.3, -0.25) is 9.69 Å². The number of hydrogen-bond donors (Lipinski definition) is 2. The van der Waals surface area contributed by atoms with E-state index >= 15 is 0 Å². The van der Waals surface area contributed by atoms with Crippen molar-refractivity contribution in [2.24, 2.45) is 5.73 Å². The molecule has 1 amide bonds. The van der Waals surface area contributed by atoms with Gasteiger partial charge >= 0.3 is 0 Å². The second-order valence-electron chi connectivity index (χ2n) is 6.28. The van der Waals surface area contributed by atoms with Crippen LogP contribution in [0.4, 0.5) is 5.69 Å². The first-order valence-corrected chi connectivity index (χ1v) is 8.06. The van der Waals surface area contributed by atoms with Gasteiger partial charge in [-0.25, -0.2) is 0 Å². The number of carbonyl (C=O) groups is 1. The van der Waals surface area contributed by atoms with E-state index in [2.05, 4.69) is 47.5 Å². The summed E-state index contributed by atoms with van der Waals surface area (Å²) in [7, 11) is 0. The molecule has 1 heterocycles. The molecule has 2 aromatic carbocycles. The summed E-state index contributed by atoms with van der Waals surface area (Å²) in [5.41, 5.74) is 8.20. The quantitative estimate of drug-likeness (QED) is 0.893. The zero-order chi connectivity index (χ0) is 16.2. The summed E-state index contributed by atoms with van der Waals surface area (Å²) in [6, 6.07) is 18.9. The van der Waals surface area contributed by atoms with Gasteiger partial charge < -0.3 is 11.1 Å². The number of amides is 1. The minimum Gasteiger partial charge on any atom is -0.381 e. The van der Waals surface area contributed by atoms with Gasteiger partial charge in [-0.05, 0) is 43.2 Å². The predicted molar refractivity (Wildman–Crippen MR) is 93.3 cm³/mol. The van der Waals surface area contributed by atoms with Crippen molar-refractivity contribution in [2.75, 3.05) is 11.9 Å². The highest BCUT2D eigenvalue weighted by molar-refractivity contribution is 5.93. The zero-order valence-corrected chi connectivity index (χ0v) is 13.4. The summed E-state index contributed by atoms with van der Waals surface area (Å²) < 4.78 is 0. The number of anilines is 1. The lowest BCUT2D eigenvalue weighted by atomic mass is 10.1. The van der Waals surface area contributed by atoms with Crippen LogP contribution in [0.3, 0.4) is 0 Å². The number of primary amides is 1. The molecule has 0 unspecified atom stereocenters. The van der Waals surface area contributed by atoms with Crippen molar-refractivity contribution < 1.29 is 4.79 Å². The fourth-order valence-corrected chi connectivity index (χ4v) is 3.21. The lowest BCUT2D eigenvalue weighted by Gasteiger charge is -2.21. The first-order chi connectivity index (χ1) is 11.1. The van der Waals surface area contributed by atoms with E-state index in [1.807, 2.05) is 12.1 Å². The summed E-state index contributed by atoms with van der Waals surface area (Å²) in [5.74, 6) is -0.389. The van der Waals surface area contributed by atoms with Crippen LogP contribution >= 0.6 is 0 Å². The Labute approximate surface area is 137 Å². The van der Waals surface area contributed by atoms with Crippen LogP contribution in [-0.4, -0.2) is 29.4 Å². The third-order valence-corrected chi connectivity index (χ3v) is 4.47. The van der Waals surface area contributed by atoms with E-state index in [4.69, 9.17) is 5.73 Å². The molecular formula is C19H23N3O. The predicted octanol–water partition coefficient (Wildman–Crippen LogP) is 2.86. The summed E-state index contributed by atoms with van der Waals surface area (Å²) >= 11 is 0. The molecule has 0 radical (unpaired) electrons. The highest BCUT2D eigenvalue weighted by Crippen LogP contribution is 2.23. The van der Waals surface area contributed by atoms with E-state index in [1.54, 1.807) is 12.1 Å². The molecule has 1 saturated heterocycles. The molecule has 23 heavy (non-hydrogen) atoms. The molecule has 0 aromatic heterocycles. The largest absolute Gasteiger partial charge is 0.381 e. The van der Waals surface area contributed by atoms with Gasteiger partial charge in [0.2, 0.25) is 5.91 Å². The number of benzene rings is 2. The van der Waals surface area contributed by atoms with Gasteiger partial charge in [0.1, 0.15) is 0 Å². The Kier molecular flexibility index (Phi) is 4.63. The van der Waals surface area contributed by atoms with Crippen LogP contribution in [0.15, 0.2) is 54.6 Å². The molecule has 1 aliphatic rings. The Morgan fingerprint density at radius 1 is 1.17 bits per heavy atom. The fraction of sp³-hybridized carbons (Fsp3) is 0.316. The standard InChI is InChI=1S/C19H23N3O/c1-14-11-18(13-22(14)12-15-5-3-2-4-6-15)21-17-9-7-16(8-10-17)19(20)23/h2-10,14,18,21H,11-13H2,1H3,(H2,20,23)/t14-,18-/m1/s1. The van der Waals surface area contributed by atoms with Crippen molar-refractivity contribution in [3.8, 4) is 0 Å². The van der Waals surface area contributed by atoms with Crippen LogP contribution < -0.4 is 11.1 Å². The molecule has 3 N–H and O–H groups in total. The van der Waals surface area contributed by atoms with Gasteiger partial charge in [0.05, 0.1) is 0 Å². The second kappa shape index (κ2) is 6.84. The maximum Gasteiger partial charge on any atom is 0.248 e. The number of nitrogens with one attached hydrogen (secondary N) is 1. The molecule has 2 atom stereocenters. The van der Waals surface area contributed by atoms with E-state index in [9.17, 15) is 4.79 Å². The van der Waals surface area contributed by atoms with Crippen LogP contribution in [0, 0.1) is 0 Å². The van der Waals surface area contributed by atoms with Crippen LogP contribution in [0.25, 0.3) is 0 Å². The molecule has 0 spiro atoms. The number of carbonyl (C=O) groups excluding carboxylic acids is 1. The molecule has 1 aliphatic heterocycles. The zero-order valence-electron chi connectivity index (χ0n) is 13.4. The Morgan fingerprint density at radius 3 is 2.52 bits per heavy atom. The van der Waals surface area contributed by atoms with Crippen LogP contribution in [-0.2, 0) is 6.54 Å². The van der Waals surface area contributed by atoms with Gasteiger partial charge in [0.15, 0.2) is 0 Å². The monoisotopic (exact) mass is 309 g/mol. The van der Waals surface area contributed by atoms with Gasteiger partial charge in [-0.1, -0.05) is 30.3 Å². The van der Waals surface area contributed by atoms with Crippen LogP contribution in [0.2, 0.25) is 0 Å². The highest BCUT2D eigenvalue weighted by atomic mass is 16.1. The van der Waals surface area contributed by atoms with Crippen molar-refractivity contribution in [2.45, 2.75) is 32.0 Å². The first-order valence-electron chi connectivity index (χ1n) is 8.06. The summed E-state index contributed by atoms with van der Waals surface area (Å²) in [6.07, 6.45) is 1.12. The molecule has 0 saturated carbocycles. The third-order valence-electron chi connectivity index (χ3n) is 4.47. The first kappa shape index (κ1) is 15.6. The van der Waals surface area contributed by atoms with E-state index in [1.165, 1.54) is 5.56 Å². The molecule has 1 fully saturated rings. The van der Waals surface area contributed by atoms with Crippen molar-refractivity contribution in [1.29, 1.82) is 0 Å². The maximum absolute atomic E-state index is 11.1. The van der Waals surface area contributed by atoms with Gasteiger partial charge in [0, 0.05) is 36.4 Å². The van der Waals surface area contributed by atoms with E-state index < -0.39 is 0 Å². The Bertz CT molecular complexity index is 654. The Morgan fingerprint density at radius 2 is 1.87 bits per heavy atom. The molecule has 3 rings (SSSR count). The molecule has 0 aliphatic carbocycles. The van der Waals surface area contributed by atoms with Crippen LogP contribution in [0.1, 0.15) is 29.3 Å². The number of likely N-dealkylation sites (tertiary alicyclic amines) is 1. The second-order valence-corrected chi connectivity index (χ2v) is 6.28. The van der Waals surface area contributed by atoms with E-state index in [0.29, 0.717) is 17.6 Å². The van der Waals surface area contributed by atoms with Crippen LogP contribution in [0.5, 0.6) is 0 Å². The number of nitrogens with two attached hydrogens (primary N) is 1. The summed E-state index contributed by atoms with van der Waals surface area (Å²) in [6.45, 7) is 4.29. The fourth-order valence-electron chi connectivity index (χ4n) is 3.21. The SMILES string of the molecule is C[C@@H]1C[C@@H](Nc2ccc(C(N)=O)cc2)CN1Cc1ccccc1. The number of hydrogen-bond acceptors (Lipinski definition) is 3. The average Bonchev–Trinajstić information content (AvgIpc) is 2.88. The molecule has 120 valence electrons. The molecule has 2 aromatic rings. The highest BCUT2D eigenvalue weighted by Gasteiger charge is 2.28. The van der Waals surface area contributed by atoms with Gasteiger partial charge in [-0.2, -0.15) is 0 Å². The van der Waals surface area contributed by atoms with E-state index in [0.717, 1.165) is 25.2 Å². The molecule has 4 heteroatoms. The topological polar surface area (TPSA) is 58.4 Å². The lowest BCUT2D eigenvalue weighted by Crippen LogP contribution is -2.28. The van der Waals surface area contributed by atoms with Crippen molar-refractivity contribution in [1.82, 2.24) is 4.90 Å². The molecule has 4 nitrogen and oxygen atoms in total. The smallest absolute Gasteiger partial charge is 0.248 e. The number of rotatable bonds is 5. The Balaban J connectivity index is 1.59. The minimum absolute atomic E-state index is 0.389. The average molecular weight is 309 g/mol. The molecule has 0 bridgehead atoms. The normalized spacial score (nSPS) is 21.3. The van der Waals surface area contributed by atoms with Crippen molar-refractivity contribution >= 4 is 11.6 Å². The Hall–Kier alpha value is -2.33. The summed E-state index contributed by atoms with van der Waals surface area (Å²) in [4.78, 5) is 13.6. The molecular weight excluding hydrogens is 286 g/mol. The minimum atomic E-state index is -0.389. The van der Waals surface area contributed by atoms with Gasteiger partial charge in [0.25, 0.3) is 0 Å². The third kappa shape index (κ3) is 3.90. The lowest BCUT2D eigenvalue weighted by molar-refractivity contribution is 0.100. The van der Waals surface area contributed by atoms with Crippen molar-refractivity contribution in [3.63, 3.8) is 0 Å². The summed E-state index contributed by atoms with van der Waals surface area (Å²) in [5, 5.41) is 3.56. The van der Waals surface area contributed by atoms with Gasteiger partial charge in [-0.15, -0.1) is 0 Å².